The Balaban J connectivity index is 1.43. The first kappa shape index (κ1) is 18.4. The Hall–Kier alpha value is -2.96. The fourth-order valence-corrected chi connectivity index (χ4v) is 3.73. The standard InChI is InChI=1S/C21H20F2N2O3/c22-15-4-2-14(3-5-15)20(26)24-8-1-9-25(11-10-24)21(27)18-13-28-19-7-6-16(23)12-17(18)19/h2-7,12,18H,1,8-11,13H2. The largest absolute Gasteiger partial charge is 0.492 e. The highest BCUT2D eigenvalue weighted by Gasteiger charge is 2.34. The van der Waals surface area contributed by atoms with E-state index in [2.05, 4.69) is 0 Å². The van der Waals surface area contributed by atoms with Crippen LogP contribution in [0.2, 0.25) is 0 Å². The van der Waals surface area contributed by atoms with E-state index in [0.717, 1.165) is 0 Å². The van der Waals surface area contributed by atoms with Crippen molar-refractivity contribution < 1.29 is 23.1 Å². The van der Waals surface area contributed by atoms with Crippen molar-refractivity contribution in [3.63, 3.8) is 0 Å². The fraction of sp³-hybridized carbons (Fsp3) is 0.333. The van der Waals surface area contributed by atoms with E-state index < -0.39 is 11.7 Å². The number of nitrogens with zero attached hydrogens (tertiary/aromatic N) is 2. The van der Waals surface area contributed by atoms with Crippen molar-refractivity contribution in [2.75, 3.05) is 32.8 Å². The molecule has 2 aliphatic rings. The molecule has 146 valence electrons. The lowest BCUT2D eigenvalue weighted by atomic mass is 9.99. The van der Waals surface area contributed by atoms with Gasteiger partial charge in [-0.25, -0.2) is 8.78 Å². The predicted molar refractivity (Wildman–Crippen MR) is 98.1 cm³/mol. The number of carbonyl (C=O) groups excluding carboxylic acids is 2. The summed E-state index contributed by atoms with van der Waals surface area (Å²) in [5.74, 6) is -1.05. The van der Waals surface area contributed by atoms with Gasteiger partial charge in [-0.15, -0.1) is 0 Å². The van der Waals surface area contributed by atoms with E-state index in [9.17, 15) is 18.4 Å². The van der Waals surface area contributed by atoms with E-state index in [1.54, 1.807) is 15.9 Å². The van der Waals surface area contributed by atoms with Gasteiger partial charge in [0.25, 0.3) is 5.91 Å². The molecule has 1 fully saturated rings. The number of halogens is 2. The number of carbonyl (C=O) groups is 2. The third-order valence-electron chi connectivity index (χ3n) is 5.24. The van der Waals surface area contributed by atoms with Crippen LogP contribution in [-0.4, -0.2) is 54.4 Å². The van der Waals surface area contributed by atoms with Crippen molar-refractivity contribution >= 4 is 11.8 Å². The molecule has 1 atom stereocenters. The maximum absolute atomic E-state index is 13.6. The van der Waals surface area contributed by atoms with Crippen molar-refractivity contribution in [3.8, 4) is 5.75 Å². The topological polar surface area (TPSA) is 49.9 Å². The molecule has 0 aromatic heterocycles. The SMILES string of the molecule is O=C(c1ccc(F)cc1)N1CCCN(C(=O)C2COc3ccc(F)cc32)CC1. The Labute approximate surface area is 161 Å². The lowest BCUT2D eigenvalue weighted by Gasteiger charge is -2.24. The molecule has 2 aliphatic heterocycles. The van der Waals surface area contributed by atoms with Crippen molar-refractivity contribution in [1.82, 2.24) is 9.80 Å². The highest BCUT2D eigenvalue weighted by Crippen LogP contribution is 2.35. The lowest BCUT2D eigenvalue weighted by Crippen LogP contribution is -2.39. The van der Waals surface area contributed by atoms with Crippen molar-refractivity contribution in [3.05, 3.63) is 65.2 Å². The average Bonchev–Trinajstić information content (AvgIpc) is 2.95. The molecule has 0 radical (unpaired) electrons. The third-order valence-corrected chi connectivity index (χ3v) is 5.24. The zero-order chi connectivity index (χ0) is 19.7. The van der Waals surface area contributed by atoms with Crippen LogP contribution in [0.1, 0.15) is 28.3 Å². The molecule has 7 heteroatoms. The van der Waals surface area contributed by atoms with Gasteiger partial charge in [-0.05, 0) is 48.9 Å². The summed E-state index contributed by atoms with van der Waals surface area (Å²) in [6, 6.07) is 9.67. The molecule has 2 aromatic carbocycles. The van der Waals surface area contributed by atoms with Gasteiger partial charge in [0, 0.05) is 37.3 Å². The van der Waals surface area contributed by atoms with Gasteiger partial charge in [-0.1, -0.05) is 0 Å². The van der Waals surface area contributed by atoms with Gasteiger partial charge in [0.15, 0.2) is 0 Å². The number of rotatable bonds is 2. The Morgan fingerprint density at radius 3 is 2.36 bits per heavy atom. The van der Waals surface area contributed by atoms with Gasteiger partial charge in [0.05, 0.1) is 0 Å². The highest BCUT2D eigenvalue weighted by atomic mass is 19.1. The van der Waals surface area contributed by atoms with Crippen molar-refractivity contribution in [2.45, 2.75) is 12.3 Å². The number of hydrogen-bond acceptors (Lipinski definition) is 3. The van der Waals surface area contributed by atoms with Gasteiger partial charge >= 0.3 is 0 Å². The molecule has 28 heavy (non-hydrogen) atoms. The van der Waals surface area contributed by atoms with Crippen LogP contribution < -0.4 is 4.74 Å². The molecular weight excluding hydrogens is 366 g/mol. The molecule has 1 unspecified atom stereocenters. The molecular formula is C21H20F2N2O3. The molecule has 0 bridgehead atoms. The van der Waals surface area contributed by atoms with Gasteiger partial charge in [0.2, 0.25) is 5.91 Å². The molecule has 0 saturated carbocycles. The molecule has 0 aliphatic carbocycles. The highest BCUT2D eigenvalue weighted by molar-refractivity contribution is 5.94. The molecule has 2 heterocycles. The summed E-state index contributed by atoms with van der Waals surface area (Å²) in [5, 5.41) is 0. The first-order valence-electron chi connectivity index (χ1n) is 9.29. The van der Waals surface area contributed by atoms with Crippen LogP contribution in [0.3, 0.4) is 0 Å². The quantitative estimate of drug-likeness (QED) is 0.798. The Bertz CT molecular complexity index is 901. The molecule has 4 rings (SSSR count). The van der Waals surface area contributed by atoms with Crippen LogP contribution >= 0.6 is 0 Å². The minimum absolute atomic E-state index is 0.111. The second-order valence-electron chi connectivity index (χ2n) is 7.02. The van der Waals surface area contributed by atoms with E-state index in [1.165, 1.54) is 36.4 Å². The van der Waals surface area contributed by atoms with E-state index in [4.69, 9.17) is 4.74 Å². The van der Waals surface area contributed by atoms with Crippen LogP contribution in [0.15, 0.2) is 42.5 Å². The predicted octanol–water partition coefficient (Wildman–Crippen LogP) is 2.82. The normalized spacial score (nSPS) is 19.0. The van der Waals surface area contributed by atoms with Gasteiger partial charge in [-0.3, -0.25) is 9.59 Å². The summed E-state index contributed by atoms with van der Waals surface area (Å²) in [6.07, 6.45) is 0.641. The first-order valence-corrected chi connectivity index (χ1v) is 9.29. The van der Waals surface area contributed by atoms with Crippen LogP contribution in [0.5, 0.6) is 5.75 Å². The Kier molecular flexibility index (Phi) is 4.98. The van der Waals surface area contributed by atoms with Crippen LogP contribution in [-0.2, 0) is 4.79 Å². The maximum Gasteiger partial charge on any atom is 0.253 e. The second kappa shape index (κ2) is 7.58. The number of amides is 2. The Morgan fingerprint density at radius 1 is 0.893 bits per heavy atom. The van der Waals surface area contributed by atoms with E-state index in [-0.39, 0.29) is 24.2 Å². The van der Waals surface area contributed by atoms with Crippen LogP contribution in [0, 0.1) is 11.6 Å². The summed E-state index contributed by atoms with van der Waals surface area (Å²) >= 11 is 0. The van der Waals surface area contributed by atoms with Crippen molar-refractivity contribution in [1.29, 1.82) is 0 Å². The van der Waals surface area contributed by atoms with E-state index in [1.807, 2.05) is 0 Å². The lowest BCUT2D eigenvalue weighted by molar-refractivity contribution is -0.132. The van der Waals surface area contributed by atoms with E-state index >= 15 is 0 Å². The second-order valence-corrected chi connectivity index (χ2v) is 7.02. The fourth-order valence-electron chi connectivity index (χ4n) is 3.73. The average molecular weight is 386 g/mol. The Morgan fingerprint density at radius 2 is 1.57 bits per heavy atom. The van der Waals surface area contributed by atoms with Gasteiger partial charge in [-0.2, -0.15) is 0 Å². The zero-order valence-electron chi connectivity index (χ0n) is 15.2. The van der Waals surface area contributed by atoms with Crippen LogP contribution in [0.25, 0.3) is 0 Å². The summed E-state index contributed by atoms with van der Waals surface area (Å²) < 4.78 is 32.2. The molecule has 2 aromatic rings. The van der Waals surface area contributed by atoms with Gasteiger partial charge in [0.1, 0.15) is 29.9 Å². The molecule has 1 saturated heterocycles. The van der Waals surface area contributed by atoms with E-state index in [0.29, 0.717) is 49.5 Å². The monoisotopic (exact) mass is 386 g/mol. The summed E-state index contributed by atoms with van der Waals surface area (Å²) in [7, 11) is 0. The van der Waals surface area contributed by atoms with Gasteiger partial charge < -0.3 is 14.5 Å². The third kappa shape index (κ3) is 3.56. The number of fused-ring (bicyclic) bond motifs is 1. The summed E-state index contributed by atoms with van der Waals surface area (Å²) in [6.45, 7) is 2.03. The smallest absolute Gasteiger partial charge is 0.253 e. The van der Waals surface area contributed by atoms with Crippen molar-refractivity contribution in [2.24, 2.45) is 0 Å². The zero-order valence-corrected chi connectivity index (χ0v) is 15.2. The summed E-state index contributed by atoms with van der Waals surface area (Å²) in [4.78, 5) is 29.0. The number of hydrogen-bond donors (Lipinski definition) is 0. The number of benzene rings is 2. The number of ether oxygens (including phenoxy) is 1. The minimum Gasteiger partial charge on any atom is -0.492 e. The molecule has 2 amide bonds. The molecule has 5 nitrogen and oxygen atoms in total. The van der Waals surface area contributed by atoms with Crippen LogP contribution in [0.4, 0.5) is 8.78 Å². The summed E-state index contributed by atoms with van der Waals surface area (Å²) in [5.41, 5.74) is 1.00. The molecule has 0 spiro atoms. The first-order chi connectivity index (χ1) is 13.5. The maximum atomic E-state index is 13.6. The molecule has 0 N–H and O–H groups in total. The minimum atomic E-state index is -0.523.